The molecule has 0 bridgehead atoms. The zero-order valence-electron chi connectivity index (χ0n) is 16.8. The number of nitrogens with zero attached hydrogens (tertiary/aromatic N) is 1. The van der Waals surface area contributed by atoms with E-state index in [-0.39, 0.29) is 5.97 Å². The summed E-state index contributed by atoms with van der Waals surface area (Å²) in [5, 5.41) is 5.06. The predicted molar refractivity (Wildman–Crippen MR) is 117 cm³/mol. The first-order valence-electron chi connectivity index (χ1n) is 10.4. The fourth-order valence-corrected chi connectivity index (χ4v) is 6.02. The van der Waals surface area contributed by atoms with Crippen molar-refractivity contribution in [1.82, 2.24) is 4.90 Å². The average molecular weight is 409 g/mol. The van der Waals surface area contributed by atoms with Gasteiger partial charge in [0, 0.05) is 18.0 Å². The van der Waals surface area contributed by atoms with Crippen LogP contribution in [-0.2, 0) is 17.6 Å². The minimum atomic E-state index is -0.207. The lowest BCUT2D eigenvalue weighted by atomic mass is 9.92. The van der Waals surface area contributed by atoms with Crippen LogP contribution in [0.4, 0.5) is 5.00 Å². The summed E-state index contributed by atoms with van der Waals surface area (Å²) in [6.45, 7) is 8.79. The largest absolute Gasteiger partial charge is 0.462 e. The summed E-state index contributed by atoms with van der Waals surface area (Å²) < 4.78 is 5.40. The standard InChI is InChI=1S/C21H32N2O2S2/c1-4-25-20(24)18-16-9-7-5-6-8-10-17(16)27-19(18)22-21(26)23-12-14(2)11-15(3)13-23/h14-15H,4-13H2,1-3H3,(H,22,26)/t14-,15-/m0/s1. The number of likely N-dealkylation sites (tertiary alicyclic amines) is 1. The van der Waals surface area contributed by atoms with Crippen LogP contribution in [0.3, 0.4) is 0 Å². The van der Waals surface area contributed by atoms with Gasteiger partial charge >= 0.3 is 5.97 Å². The van der Waals surface area contributed by atoms with Crippen molar-refractivity contribution >= 4 is 39.6 Å². The Balaban J connectivity index is 1.85. The lowest BCUT2D eigenvalue weighted by Crippen LogP contribution is -2.44. The van der Waals surface area contributed by atoms with Gasteiger partial charge in [0.2, 0.25) is 0 Å². The highest BCUT2D eigenvalue weighted by Crippen LogP contribution is 2.38. The lowest BCUT2D eigenvalue weighted by Gasteiger charge is -2.36. The van der Waals surface area contributed by atoms with Crippen LogP contribution >= 0.6 is 23.6 Å². The quantitative estimate of drug-likeness (QED) is 0.546. The highest BCUT2D eigenvalue weighted by atomic mass is 32.1. The number of nitrogens with one attached hydrogen (secondary N) is 1. The molecular weight excluding hydrogens is 376 g/mol. The van der Waals surface area contributed by atoms with E-state index in [9.17, 15) is 4.79 Å². The van der Waals surface area contributed by atoms with Crippen LogP contribution in [-0.4, -0.2) is 35.7 Å². The third-order valence-electron chi connectivity index (χ3n) is 5.53. The number of thiophene rings is 1. The van der Waals surface area contributed by atoms with E-state index in [1.165, 1.54) is 36.1 Å². The van der Waals surface area contributed by atoms with Crippen LogP contribution in [0, 0.1) is 11.8 Å². The topological polar surface area (TPSA) is 41.6 Å². The molecule has 1 N–H and O–H groups in total. The van der Waals surface area contributed by atoms with E-state index in [4.69, 9.17) is 17.0 Å². The van der Waals surface area contributed by atoms with Crippen LogP contribution < -0.4 is 5.32 Å². The van der Waals surface area contributed by atoms with Crippen LogP contribution in [0.2, 0.25) is 0 Å². The summed E-state index contributed by atoms with van der Waals surface area (Å²) in [4.78, 5) is 16.3. The van der Waals surface area contributed by atoms with E-state index in [0.717, 1.165) is 48.0 Å². The van der Waals surface area contributed by atoms with Gasteiger partial charge in [0.05, 0.1) is 12.2 Å². The number of hydrogen-bond donors (Lipinski definition) is 1. The summed E-state index contributed by atoms with van der Waals surface area (Å²) in [6, 6.07) is 0. The Morgan fingerprint density at radius 2 is 1.85 bits per heavy atom. The van der Waals surface area contributed by atoms with Crippen LogP contribution in [0.25, 0.3) is 0 Å². The van der Waals surface area contributed by atoms with Crippen molar-refractivity contribution in [3.05, 3.63) is 16.0 Å². The molecule has 0 spiro atoms. The summed E-state index contributed by atoms with van der Waals surface area (Å²) in [7, 11) is 0. The van der Waals surface area contributed by atoms with E-state index in [1.807, 2.05) is 6.92 Å². The van der Waals surface area contributed by atoms with Crippen molar-refractivity contribution in [2.45, 2.75) is 65.7 Å². The molecule has 3 rings (SSSR count). The third kappa shape index (κ3) is 5.02. The van der Waals surface area contributed by atoms with E-state index in [0.29, 0.717) is 18.4 Å². The van der Waals surface area contributed by atoms with Crippen molar-refractivity contribution < 1.29 is 9.53 Å². The first-order chi connectivity index (χ1) is 13.0. The van der Waals surface area contributed by atoms with E-state index < -0.39 is 0 Å². The molecule has 0 amide bonds. The van der Waals surface area contributed by atoms with Crippen molar-refractivity contribution in [3.63, 3.8) is 0 Å². The van der Waals surface area contributed by atoms with Crippen molar-refractivity contribution in [3.8, 4) is 0 Å². The Morgan fingerprint density at radius 3 is 2.52 bits per heavy atom. The maximum absolute atomic E-state index is 12.7. The van der Waals surface area contributed by atoms with Crippen molar-refractivity contribution in [1.29, 1.82) is 0 Å². The molecule has 2 heterocycles. The number of anilines is 1. The lowest BCUT2D eigenvalue weighted by molar-refractivity contribution is 0.0526. The fraction of sp³-hybridized carbons (Fsp3) is 0.714. The molecule has 1 aromatic heterocycles. The van der Waals surface area contributed by atoms with E-state index in [2.05, 4.69) is 24.1 Å². The van der Waals surface area contributed by atoms with E-state index in [1.54, 1.807) is 11.3 Å². The summed E-state index contributed by atoms with van der Waals surface area (Å²) >= 11 is 7.44. The predicted octanol–water partition coefficient (Wildman–Crippen LogP) is 5.26. The summed E-state index contributed by atoms with van der Waals surface area (Å²) in [5.41, 5.74) is 1.93. The Morgan fingerprint density at radius 1 is 1.19 bits per heavy atom. The van der Waals surface area contributed by atoms with Gasteiger partial charge < -0.3 is 15.0 Å². The van der Waals surface area contributed by atoms with Gasteiger partial charge in [0.25, 0.3) is 0 Å². The SMILES string of the molecule is CCOC(=O)c1c(NC(=S)N2C[C@@H](C)C[C@H](C)C2)sc2c1CCCCCC2. The normalized spacial score (nSPS) is 23.1. The van der Waals surface area contributed by atoms with Gasteiger partial charge in [0.15, 0.2) is 5.11 Å². The summed E-state index contributed by atoms with van der Waals surface area (Å²) in [5.74, 6) is 1.07. The molecule has 27 heavy (non-hydrogen) atoms. The molecule has 1 saturated heterocycles. The highest BCUT2D eigenvalue weighted by molar-refractivity contribution is 7.80. The number of carbonyl (C=O) groups is 1. The Bertz CT molecular complexity index is 676. The van der Waals surface area contributed by atoms with Crippen LogP contribution in [0.15, 0.2) is 0 Å². The second-order valence-corrected chi connectivity index (χ2v) is 9.62. The molecule has 1 aliphatic carbocycles. The smallest absolute Gasteiger partial charge is 0.341 e. The third-order valence-corrected chi connectivity index (χ3v) is 7.09. The van der Waals surface area contributed by atoms with Crippen molar-refractivity contribution in [2.75, 3.05) is 25.0 Å². The molecule has 4 nitrogen and oxygen atoms in total. The van der Waals surface area contributed by atoms with Gasteiger partial charge in [-0.3, -0.25) is 0 Å². The first kappa shape index (κ1) is 20.6. The molecule has 6 heteroatoms. The molecule has 1 fully saturated rings. The Kier molecular flexibility index (Phi) is 7.15. The molecule has 0 unspecified atom stereocenters. The number of rotatable bonds is 3. The zero-order valence-corrected chi connectivity index (χ0v) is 18.4. The molecule has 1 aliphatic heterocycles. The second-order valence-electron chi connectivity index (χ2n) is 8.12. The Hall–Kier alpha value is -1.14. The molecule has 2 atom stereocenters. The molecule has 1 aromatic rings. The number of hydrogen-bond acceptors (Lipinski definition) is 4. The molecular formula is C21H32N2O2S2. The minimum Gasteiger partial charge on any atom is -0.462 e. The first-order valence-corrected chi connectivity index (χ1v) is 11.6. The minimum absolute atomic E-state index is 0.207. The fourth-order valence-electron chi connectivity index (χ4n) is 4.43. The Labute approximate surface area is 172 Å². The maximum atomic E-state index is 12.7. The van der Waals surface area contributed by atoms with Gasteiger partial charge in [0.1, 0.15) is 5.00 Å². The van der Waals surface area contributed by atoms with Gasteiger partial charge in [-0.05, 0) is 68.6 Å². The zero-order chi connectivity index (χ0) is 19.4. The number of carbonyl (C=O) groups excluding carboxylic acids is 1. The molecule has 0 aromatic carbocycles. The summed E-state index contributed by atoms with van der Waals surface area (Å²) in [6.07, 6.45) is 8.12. The average Bonchev–Trinajstić information content (AvgIpc) is 2.90. The van der Waals surface area contributed by atoms with Crippen LogP contribution in [0.5, 0.6) is 0 Å². The monoisotopic (exact) mass is 408 g/mol. The van der Waals surface area contributed by atoms with Gasteiger partial charge in [-0.2, -0.15) is 0 Å². The molecule has 150 valence electrons. The number of fused-ring (bicyclic) bond motifs is 1. The second kappa shape index (κ2) is 9.37. The molecule has 0 saturated carbocycles. The molecule has 2 aliphatic rings. The number of ether oxygens (including phenoxy) is 1. The van der Waals surface area contributed by atoms with Gasteiger partial charge in [-0.15, -0.1) is 11.3 Å². The van der Waals surface area contributed by atoms with Gasteiger partial charge in [-0.1, -0.05) is 26.7 Å². The van der Waals surface area contributed by atoms with Crippen molar-refractivity contribution in [2.24, 2.45) is 11.8 Å². The number of piperidine rings is 1. The number of aryl methyl sites for hydroxylation is 1. The van der Waals surface area contributed by atoms with Gasteiger partial charge in [-0.25, -0.2) is 4.79 Å². The highest BCUT2D eigenvalue weighted by Gasteiger charge is 2.28. The van der Waals surface area contributed by atoms with Crippen LogP contribution in [0.1, 0.15) is 73.7 Å². The number of thiocarbonyl (C=S) groups is 1. The maximum Gasteiger partial charge on any atom is 0.341 e. The molecule has 0 radical (unpaired) electrons. The number of esters is 1. The van der Waals surface area contributed by atoms with E-state index >= 15 is 0 Å².